The summed E-state index contributed by atoms with van der Waals surface area (Å²) < 4.78 is 7.68. The first kappa shape index (κ1) is 16.1. The van der Waals surface area contributed by atoms with Gasteiger partial charge >= 0.3 is 0 Å². The summed E-state index contributed by atoms with van der Waals surface area (Å²) in [6, 6.07) is 3.82. The fourth-order valence-corrected chi connectivity index (χ4v) is 3.62. The number of nitrogens with zero attached hydrogens (tertiary/aromatic N) is 4. The van der Waals surface area contributed by atoms with Crippen molar-refractivity contribution >= 4 is 17.7 Å². The number of aryl methyl sites for hydroxylation is 2. The van der Waals surface area contributed by atoms with Crippen molar-refractivity contribution in [2.45, 2.75) is 50.9 Å². The van der Waals surface area contributed by atoms with Crippen molar-refractivity contribution in [3.63, 3.8) is 0 Å². The van der Waals surface area contributed by atoms with E-state index in [0.29, 0.717) is 12.3 Å². The molecule has 1 amide bonds. The highest BCUT2D eigenvalue weighted by Crippen LogP contribution is 2.22. The number of rotatable bonds is 5. The molecule has 7 heteroatoms. The molecule has 0 N–H and O–H groups in total. The molecule has 0 saturated heterocycles. The molecule has 2 aromatic rings. The third-order valence-corrected chi connectivity index (χ3v) is 4.97. The lowest BCUT2D eigenvalue weighted by Crippen LogP contribution is -2.27. The van der Waals surface area contributed by atoms with Crippen LogP contribution < -0.4 is 0 Å². The van der Waals surface area contributed by atoms with Gasteiger partial charge in [0.15, 0.2) is 5.16 Å². The number of furan rings is 1. The van der Waals surface area contributed by atoms with Crippen LogP contribution in [0.5, 0.6) is 0 Å². The van der Waals surface area contributed by atoms with E-state index in [0.717, 1.165) is 41.9 Å². The quantitative estimate of drug-likeness (QED) is 0.787. The van der Waals surface area contributed by atoms with Gasteiger partial charge < -0.3 is 13.9 Å². The van der Waals surface area contributed by atoms with Gasteiger partial charge in [-0.1, -0.05) is 18.2 Å². The Morgan fingerprint density at radius 3 is 3.00 bits per heavy atom. The van der Waals surface area contributed by atoms with Gasteiger partial charge in [0.05, 0.1) is 12.3 Å². The molecule has 0 saturated carbocycles. The molecule has 0 aliphatic carbocycles. The van der Waals surface area contributed by atoms with E-state index in [2.05, 4.69) is 14.8 Å². The van der Waals surface area contributed by atoms with E-state index >= 15 is 0 Å². The second-order valence-corrected chi connectivity index (χ2v) is 6.85. The fourth-order valence-electron chi connectivity index (χ4n) is 2.69. The Kier molecular flexibility index (Phi) is 5.05. The predicted molar refractivity (Wildman–Crippen MR) is 88.2 cm³/mol. The summed E-state index contributed by atoms with van der Waals surface area (Å²) in [7, 11) is 1.80. The highest BCUT2D eigenvalue weighted by Gasteiger charge is 2.17. The van der Waals surface area contributed by atoms with Crippen LogP contribution >= 0.6 is 11.8 Å². The smallest absolute Gasteiger partial charge is 0.233 e. The third kappa shape index (κ3) is 3.96. The molecule has 0 spiro atoms. The SMILES string of the molecule is Cc1ccc(CN(C)C(=O)CSc2nnc3n2CCCCC3)o1. The van der Waals surface area contributed by atoms with Crippen molar-refractivity contribution in [1.82, 2.24) is 19.7 Å². The fraction of sp³-hybridized carbons (Fsp3) is 0.562. The Morgan fingerprint density at radius 1 is 1.35 bits per heavy atom. The van der Waals surface area contributed by atoms with Crippen LogP contribution in [0, 0.1) is 6.92 Å². The van der Waals surface area contributed by atoms with Gasteiger partial charge in [0, 0.05) is 20.0 Å². The third-order valence-electron chi connectivity index (χ3n) is 4.02. The number of thioether (sulfide) groups is 1. The zero-order valence-electron chi connectivity index (χ0n) is 13.6. The largest absolute Gasteiger partial charge is 0.464 e. The van der Waals surface area contributed by atoms with Crippen LogP contribution in [-0.4, -0.2) is 38.4 Å². The molecular formula is C16H22N4O2S. The molecule has 1 aliphatic rings. The van der Waals surface area contributed by atoms with Crippen LogP contribution in [0.3, 0.4) is 0 Å². The van der Waals surface area contributed by atoms with Gasteiger partial charge in [-0.2, -0.15) is 0 Å². The summed E-state index contributed by atoms with van der Waals surface area (Å²) in [5.74, 6) is 3.15. The summed E-state index contributed by atoms with van der Waals surface area (Å²) in [6.45, 7) is 3.35. The van der Waals surface area contributed by atoms with E-state index in [9.17, 15) is 4.79 Å². The Hall–Kier alpha value is -1.76. The lowest BCUT2D eigenvalue weighted by molar-refractivity contribution is -0.127. The molecular weight excluding hydrogens is 312 g/mol. The molecule has 2 aromatic heterocycles. The lowest BCUT2D eigenvalue weighted by atomic mass is 10.2. The normalized spacial score (nSPS) is 14.3. The number of hydrogen-bond acceptors (Lipinski definition) is 5. The van der Waals surface area contributed by atoms with Crippen molar-refractivity contribution < 1.29 is 9.21 Å². The molecule has 0 fully saturated rings. The lowest BCUT2D eigenvalue weighted by Gasteiger charge is -2.15. The monoisotopic (exact) mass is 334 g/mol. The Labute approximate surface area is 140 Å². The first-order chi connectivity index (χ1) is 11.1. The first-order valence-electron chi connectivity index (χ1n) is 7.97. The van der Waals surface area contributed by atoms with Crippen LogP contribution in [-0.2, 0) is 24.3 Å². The highest BCUT2D eigenvalue weighted by molar-refractivity contribution is 7.99. The van der Waals surface area contributed by atoms with Crippen LogP contribution in [0.25, 0.3) is 0 Å². The maximum absolute atomic E-state index is 12.3. The summed E-state index contributed by atoms with van der Waals surface area (Å²) in [4.78, 5) is 14.0. The molecule has 0 radical (unpaired) electrons. The summed E-state index contributed by atoms with van der Waals surface area (Å²) >= 11 is 1.47. The maximum atomic E-state index is 12.3. The van der Waals surface area contributed by atoms with E-state index in [-0.39, 0.29) is 5.91 Å². The molecule has 3 heterocycles. The van der Waals surface area contributed by atoms with Crippen LogP contribution in [0.2, 0.25) is 0 Å². The average Bonchev–Trinajstić information content (AvgIpc) is 3.03. The van der Waals surface area contributed by atoms with Gasteiger partial charge in [-0.15, -0.1) is 10.2 Å². The van der Waals surface area contributed by atoms with E-state index in [1.807, 2.05) is 19.1 Å². The number of fused-ring (bicyclic) bond motifs is 1. The molecule has 124 valence electrons. The van der Waals surface area contributed by atoms with Crippen LogP contribution in [0.4, 0.5) is 0 Å². The topological polar surface area (TPSA) is 64.2 Å². The minimum absolute atomic E-state index is 0.0648. The van der Waals surface area contributed by atoms with Crippen LogP contribution in [0.15, 0.2) is 21.7 Å². The Bertz CT molecular complexity index is 679. The minimum atomic E-state index is 0.0648. The van der Waals surface area contributed by atoms with E-state index in [1.54, 1.807) is 11.9 Å². The minimum Gasteiger partial charge on any atom is -0.464 e. The van der Waals surface area contributed by atoms with Gasteiger partial charge in [0.1, 0.15) is 17.3 Å². The maximum Gasteiger partial charge on any atom is 0.233 e. The molecule has 0 atom stereocenters. The zero-order valence-corrected chi connectivity index (χ0v) is 14.4. The van der Waals surface area contributed by atoms with Gasteiger partial charge in [0.25, 0.3) is 0 Å². The van der Waals surface area contributed by atoms with Crippen molar-refractivity contribution in [3.05, 3.63) is 29.5 Å². The van der Waals surface area contributed by atoms with E-state index in [4.69, 9.17) is 4.42 Å². The molecule has 23 heavy (non-hydrogen) atoms. The summed E-state index contributed by atoms with van der Waals surface area (Å²) in [5.41, 5.74) is 0. The van der Waals surface area contributed by atoms with Gasteiger partial charge in [-0.25, -0.2) is 0 Å². The molecule has 0 bridgehead atoms. The van der Waals surface area contributed by atoms with Gasteiger partial charge in [0.2, 0.25) is 5.91 Å². The second kappa shape index (κ2) is 7.21. The van der Waals surface area contributed by atoms with E-state index < -0.39 is 0 Å². The van der Waals surface area contributed by atoms with Crippen molar-refractivity contribution in [2.24, 2.45) is 0 Å². The van der Waals surface area contributed by atoms with E-state index in [1.165, 1.54) is 24.6 Å². The van der Waals surface area contributed by atoms with Crippen molar-refractivity contribution in [2.75, 3.05) is 12.8 Å². The van der Waals surface area contributed by atoms with Gasteiger partial charge in [-0.05, 0) is 31.9 Å². The second-order valence-electron chi connectivity index (χ2n) is 5.91. The molecule has 3 rings (SSSR count). The molecule has 1 aliphatic heterocycles. The number of aromatic nitrogens is 3. The number of carbonyl (C=O) groups is 1. The molecule has 6 nitrogen and oxygen atoms in total. The molecule has 0 aromatic carbocycles. The Balaban J connectivity index is 1.55. The first-order valence-corrected chi connectivity index (χ1v) is 8.96. The van der Waals surface area contributed by atoms with Crippen molar-refractivity contribution in [3.8, 4) is 0 Å². The Morgan fingerprint density at radius 2 is 2.22 bits per heavy atom. The van der Waals surface area contributed by atoms with Crippen molar-refractivity contribution in [1.29, 1.82) is 0 Å². The summed E-state index contributed by atoms with van der Waals surface area (Å²) in [6.07, 6.45) is 4.55. The predicted octanol–water partition coefficient (Wildman–Crippen LogP) is 2.66. The average molecular weight is 334 g/mol. The highest BCUT2D eigenvalue weighted by atomic mass is 32.2. The number of hydrogen-bond donors (Lipinski definition) is 0. The zero-order chi connectivity index (χ0) is 16.2. The summed E-state index contributed by atoms with van der Waals surface area (Å²) in [5, 5.41) is 9.37. The van der Waals surface area contributed by atoms with Gasteiger partial charge in [-0.3, -0.25) is 4.79 Å². The number of amides is 1. The van der Waals surface area contributed by atoms with Crippen LogP contribution in [0.1, 0.15) is 36.6 Å². The standard InChI is InChI=1S/C16H22N4O2S/c1-12-7-8-13(22-12)10-19(2)15(21)11-23-16-18-17-14-6-4-3-5-9-20(14)16/h7-8H,3-6,9-11H2,1-2H3. The number of carbonyl (C=O) groups excluding carboxylic acids is 1. The molecule has 0 unspecified atom stereocenters.